The number of nitrogens with zero attached hydrogens (tertiary/aromatic N) is 2. The molecule has 3 saturated carbocycles. The van der Waals surface area contributed by atoms with Crippen molar-refractivity contribution in [2.75, 3.05) is 14.1 Å². The number of hydrogen-bond donors (Lipinski definition) is 0. The van der Waals surface area contributed by atoms with Gasteiger partial charge in [-0.2, -0.15) is 0 Å². The van der Waals surface area contributed by atoms with Gasteiger partial charge in [0.2, 0.25) is 5.91 Å². The van der Waals surface area contributed by atoms with Crippen molar-refractivity contribution in [3.63, 3.8) is 0 Å². The van der Waals surface area contributed by atoms with E-state index >= 15 is 0 Å². The van der Waals surface area contributed by atoms with Crippen LogP contribution < -0.4 is 0 Å². The minimum Gasteiger partial charge on any atom is -0.361 e. The second-order valence-corrected chi connectivity index (χ2v) is 15.3. The fourth-order valence-corrected chi connectivity index (χ4v) is 10.7. The third-order valence-electron chi connectivity index (χ3n) is 12.8. The van der Waals surface area contributed by atoms with E-state index in [-0.39, 0.29) is 39.4 Å². The van der Waals surface area contributed by atoms with Crippen LogP contribution in [0.4, 0.5) is 0 Å². The predicted molar refractivity (Wildman–Crippen MR) is 144 cm³/mol. The summed E-state index contributed by atoms with van der Waals surface area (Å²) in [5.41, 5.74) is 2.06. The first-order valence-electron chi connectivity index (χ1n) is 14.6. The molecule has 0 saturated heterocycles. The van der Waals surface area contributed by atoms with Crippen LogP contribution in [0.25, 0.3) is 0 Å². The quantitative estimate of drug-likeness (QED) is 0.431. The summed E-state index contributed by atoms with van der Waals surface area (Å²) in [5.74, 6) is 2.36. The first-order valence-corrected chi connectivity index (χ1v) is 14.6. The van der Waals surface area contributed by atoms with Gasteiger partial charge in [0.1, 0.15) is 5.76 Å². The van der Waals surface area contributed by atoms with Gasteiger partial charge in [0.15, 0.2) is 5.78 Å². The topological polar surface area (TPSA) is 63.4 Å². The number of carbonyl (C=O) groups is 2. The van der Waals surface area contributed by atoms with Crippen LogP contribution in [0.1, 0.15) is 104 Å². The van der Waals surface area contributed by atoms with E-state index in [1.807, 2.05) is 20.3 Å². The van der Waals surface area contributed by atoms with Gasteiger partial charge >= 0.3 is 0 Å². The predicted octanol–water partition coefficient (Wildman–Crippen LogP) is 6.58. The lowest BCUT2D eigenvalue weighted by molar-refractivity contribution is -0.182. The van der Waals surface area contributed by atoms with Gasteiger partial charge < -0.3 is 9.42 Å². The molecule has 0 radical (unpaired) electrons. The number of aromatic nitrogens is 1. The summed E-state index contributed by atoms with van der Waals surface area (Å²) in [6.07, 6.45) is 11.9. The Morgan fingerprint density at radius 1 is 1.03 bits per heavy atom. The second kappa shape index (κ2) is 7.60. The van der Waals surface area contributed by atoms with Gasteiger partial charge in [-0.25, -0.2) is 0 Å². The molecule has 5 aliphatic carbocycles. The van der Waals surface area contributed by atoms with Crippen molar-refractivity contribution in [3.8, 4) is 0 Å². The third kappa shape index (κ3) is 3.06. The zero-order valence-electron chi connectivity index (χ0n) is 24.2. The first-order chi connectivity index (χ1) is 17.2. The molecule has 0 bridgehead atoms. The zero-order valence-corrected chi connectivity index (χ0v) is 24.2. The van der Waals surface area contributed by atoms with Crippen LogP contribution in [0, 0.1) is 44.8 Å². The lowest BCUT2D eigenvalue weighted by atomic mass is 9.34. The van der Waals surface area contributed by atoms with E-state index in [1.165, 1.54) is 11.1 Å². The Labute approximate surface area is 222 Å². The number of hydrogen-bond acceptors (Lipinski definition) is 4. The molecule has 1 amide bonds. The molecule has 0 spiro atoms. The Balaban J connectivity index is 1.49. The molecular formula is C32H46N2O3. The van der Waals surface area contributed by atoms with Crippen molar-refractivity contribution in [1.82, 2.24) is 10.1 Å². The molecule has 5 heteroatoms. The minimum atomic E-state index is -0.404. The van der Waals surface area contributed by atoms with Crippen molar-refractivity contribution in [2.45, 2.75) is 98.8 Å². The van der Waals surface area contributed by atoms with Crippen molar-refractivity contribution in [2.24, 2.45) is 44.8 Å². The minimum absolute atomic E-state index is 0.0554. The van der Waals surface area contributed by atoms with E-state index in [0.717, 1.165) is 57.1 Å². The largest absolute Gasteiger partial charge is 0.361 e. The number of amides is 1. The average molecular weight is 507 g/mol. The van der Waals surface area contributed by atoms with Gasteiger partial charge in [-0.05, 0) is 90.9 Å². The van der Waals surface area contributed by atoms with Crippen molar-refractivity contribution >= 4 is 11.7 Å². The highest BCUT2D eigenvalue weighted by Gasteiger charge is 2.70. The van der Waals surface area contributed by atoms with Gasteiger partial charge in [-0.1, -0.05) is 52.3 Å². The number of rotatable bonds is 1. The van der Waals surface area contributed by atoms with Gasteiger partial charge in [0, 0.05) is 31.5 Å². The van der Waals surface area contributed by atoms with Gasteiger partial charge in [0.25, 0.3) is 0 Å². The Morgan fingerprint density at radius 2 is 1.73 bits per heavy atom. The Morgan fingerprint density at radius 3 is 2.43 bits per heavy atom. The van der Waals surface area contributed by atoms with E-state index < -0.39 is 5.41 Å². The smallest absolute Gasteiger partial charge is 0.228 e. The molecule has 1 aromatic heterocycles. The van der Waals surface area contributed by atoms with Gasteiger partial charge in [0.05, 0.1) is 11.6 Å². The van der Waals surface area contributed by atoms with E-state index in [9.17, 15) is 9.59 Å². The highest BCUT2D eigenvalue weighted by atomic mass is 16.5. The molecule has 1 aromatic rings. The molecule has 202 valence electrons. The molecule has 1 heterocycles. The zero-order chi connectivity index (χ0) is 26.8. The van der Waals surface area contributed by atoms with Crippen LogP contribution in [0.5, 0.6) is 0 Å². The van der Waals surface area contributed by atoms with Crippen LogP contribution in [-0.4, -0.2) is 35.8 Å². The maximum absolute atomic E-state index is 14.5. The molecule has 0 N–H and O–H groups in total. The maximum atomic E-state index is 14.5. The normalized spacial score (nSPS) is 45.9. The molecule has 8 atom stereocenters. The molecule has 37 heavy (non-hydrogen) atoms. The SMILES string of the molecule is C[C@H]1c2oncc2C[C@]2(C)C3=CC(=O)[C@@H]4[C@@H]5CC(C)(C)CC[C@]5(C(=O)N(C)C)CC[C@@]4(C)[C@]3(C)CCC12. The highest BCUT2D eigenvalue weighted by Crippen LogP contribution is 2.74. The summed E-state index contributed by atoms with van der Waals surface area (Å²) in [6.45, 7) is 14.3. The maximum Gasteiger partial charge on any atom is 0.228 e. The molecule has 0 aliphatic heterocycles. The molecule has 3 fully saturated rings. The van der Waals surface area contributed by atoms with Crippen LogP contribution in [-0.2, 0) is 16.0 Å². The number of fused-ring (bicyclic) bond motifs is 8. The average Bonchev–Trinajstić information content (AvgIpc) is 3.28. The molecule has 5 aliphatic rings. The summed E-state index contributed by atoms with van der Waals surface area (Å²) in [6, 6.07) is 0. The van der Waals surface area contributed by atoms with Crippen LogP contribution in [0.15, 0.2) is 22.4 Å². The number of allylic oxidation sites excluding steroid dienone is 2. The highest BCUT2D eigenvalue weighted by molar-refractivity contribution is 5.96. The molecule has 6 rings (SSSR count). The summed E-state index contributed by atoms with van der Waals surface area (Å²) in [4.78, 5) is 30.2. The van der Waals surface area contributed by atoms with Gasteiger partial charge in [-0.15, -0.1) is 0 Å². The summed E-state index contributed by atoms with van der Waals surface area (Å²) in [5, 5.41) is 4.16. The Bertz CT molecular complexity index is 1190. The Hall–Kier alpha value is -1.91. The molecule has 5 nitrogen and oxygen atoms in total. The molecular weight excluding hydrogens is 460 g/mol. The van der Waals surface area contributed by atoms with E-state index in [1.54, 1.807) is 4.90 Å². The van der Waals surface area contributed by atoms with Crippen molar-refractivity contribution in [1.29, 1.82) is 0 Å². The number of carbonyl (C=O) groups excluding carboxylic acids is 2. The van der Waals surface area contributed by atoms with Crippen molar-refractivity contribution in [3.05, 3.63) is 29.2 Å². The fraction of sp³-hybridized carbons (Fsp3) is 0.781. The summed E-state index contributed by atoms with van der Waals surface area (Å²) >= 11 is 0. The Kier molecular flexibility index (Phi) is 5.21. The first kappa shape index (κ1) is 25.4. The lowest BCUT2D eigenvalue weighted by Gasteiger charge is -2.69. The lowest BCUT2D eigenvalue weighted by Crippen LogP contribution is -2.66. The fourth-order valence-electron chi connectivity index (χ4n) is 10.7. The van der Waals surface area contributed by atoms with E-state index in [2.05, 4.69) is 52.8 Å². The van der Waals surface area contributed by atoms with Crippen molar-refractivity contribution < 1.29 is 14.1 Å². The van der Waals surface area contributed by atoms with Crippen LogP contribution in [0.3, 0.4) is 0 Å². The van der Waals surface area contributed by atoms with E-state index in [4.69, 9.17) is 4.52 Å². The molecule has 0 aromatic carbocycles. The van der Waals surface area contributed by atoms with Gasteiger partial charge in [-0.3, -0.25) is 9.59 Å². The third-order valence-corrected chi connectivity index (χ3v) is 12.8. The molecule has 1 unspecified atom stereocenters. The summed E-state index contributed by atoms with van der Waals surface area (Å²) < 4.78 is 5.71. The van der Waals surface area contributed by atoms with Crippen LogP contribution >= 0.6 is 0 Å². The monoisotopic (exact) mass is 506 g/mol. The second-order valence-electron chi connectivity index (χ2n) is 15.3. The standard InChI is InChI=1S/C32H46N2O3/c1-19-21-9-10-30(5)24(29(21,4)16-20-18-33-37-26(19)20)15-23(35)25-22-17-28(2,3)11-13-32(22,27(36)34(7)8)14-12-31(25,30)6/h15,18-19,21-22,25H,9-14,16-17H2,1-8H3/t19-,21?,22+,25+,29+,30-,31-,32+/m1/s1. The van der Waals surface area contributed by atoms with E-state index in [0.29, 0.717) is 17.6 Å². The summed E-state index contributed by atoms with van der Waals surface area (Å²) in [7, 11) is 3.80. The number of ketones is 1. The van der Waals surface area contributed by atoms with Crippen LogP contribution in [0.2, 0.25) is 0 Å².